The number of carbonyl (C=O) groups is 1. The number of carbonyl (C=O) groups excluding carboxylic acids is 1. The van der Waals surface area contributed by atoms with E-state index in [9.17, 15) is 4.79 Å². The number of aromatic nitrogens is 1. The number of aliphatic imine (C=N–C) groups is 1. The van der Waals surface area contributed by atoms with Crippen molar-refractivity contribution in [1.82, 2.24) is 25.4 Å². The number of nitrogens with zero attached hydrogens (tertiary/aromatic N) is 4. The maximum Gasteiger partial charge on any atom is 0.243 e. The summed E-state index contributed by atoms with van der Waals surface area (Å²) in [5, 5.41) is 9.04. The van der Waals surface area contributed by atoms with Crippen LogP contribution in [-0.2, 0) is 17.8 Å². The van der Waals surface area contributed by atoms with Crippen LogP contribution in [0.25, 0.3) is 0 Å². The van der Waals surface area contributed by atoms with Crippen molar-refractivity contribution in [3.05, 3.63) is 52.5 Å². The summed E-state index contributed by atoms with van der Waals surface area (Å²) in [5.41, 5.74) is 1.11. The largest absolute Gasteiger partial charge is 0.356 e. The van der Waals surface area contributed by atoms with Gasteiger partial charge in [-0.3, -0.25) is 14.7 Å². The maximum absolute atomic E-state index is 12.0. The number of amides is 1. The summed E-state index contributed by atoms with van der Waals surface area (Å²) in [5.74, 6) is 0.726. The summed E-state index contributed by atoms with van der Waals surface area (Å²) in [7, 11) is 3.51. The third kappa shape index (κ3) is 9.12. The van der Waals surface area contributed by atoms with Crippen LogP contribution < -0.4 is 10.6 Å². The van der Waals surface area contributed by atoms with E-state index in [-0.39, 0.29) is 36.4 Å². The minimum atomic E-state index is -0.000429. The van der Waals surface area contributed by atoms with E-state index in [2.05, 4.69) is 49.1 Å². The molecule has 7 nitrogen and oxygen atoms in total. The quantitative estimate of drug-likeness (QED) is 0.297. The fourth-order valence-electron chi connectivity index (χ4n) is 3.35. The van der Waals surface area contributed by atoms with Gasteiger partial charge in [-0.1, -0.05) is 12.1 Å². The number of thiophene rings is 1. The summed E-state index contributed by atoms with van der Waals surface area (Å²) in [6.07, 6.45) is 4.88. The summed E-state index contributed by atoms with van der Waals surface area (Å²) < 4.78 is 0. The highest BCUT2D eigenvalue weighted by Crippen LogP contribution is 2.13. The molecule has 2 aromatic rings. The first kappa shape index (κ1) is 25.5. The monoisotopic (exact) mass is 556 g/mol. The number of nitrogens with one attached hydrogen (secondary N) is 2. The molecule has 9 heteroatoms. The van der Waals surface area contributed by atoms with Gasteiger partial charge in [-0.05, 0) is 42.8 Å². The first-order valence-electron chi connectivity index (χ1n) is 10.5. The lowest BCUT2D eigenvalue weighted by Gasteiger charge is -2.33. The number of pyridine rings is 1. The lowest BCUT2D eigenvalue weighted by atomic mass is 10.0. The van der Waals surface area contributed by atoms with Crippen LogP contribution in [-0.4, -0.2) is 73.0 Å². The highest BCUT2D eigenvalue weighted by molar-refractivity contribution is 14.0. The van der Waals surface area contributed by atoms with Gasteiger partial charge >= 0.3 is 0 Å². The smallest absolute Gasteiger partial charge is 0.243 e. The molecular formula is C22H33IN6OS. The SMILES string of the molecule is CN(C)C(=O)CN=C(NCCc1cccs1)NC1CCN(Cc2ccccn2)CC1.I. The van der Waals surface area contributed by atoms with E-state index in [0.29, 0.717) is 6.04 Å². The van der Waals surface area contributed by atoms with E-state index in [1.165, 1.54) is 4.88 Å². The fraction of sp³-hybridized carbons (Fsp3) is 0.500. The zero-order chi connectivity index (χ0) is 21.2. The molecular weight excluding hydrogens is 523 g/mol. The molecule has 1 amide bonds. The number of guanidine groups is 1. The molecule has 2 N–H and O–H groups in total. The molecule has 1 aliphatic rings. The number of rotatable bonds is 8. The Labute approximate surface area is 206 Å². The molecule has 0 atom stereocenters. The Morgan fingerprint density at radius 1 is 1.26 bits per heavy atom. The zero-order valence-electron chi connectivity index (χ0n) is 18.3. The van der Waals surface area contributed by atoms with Crippen molar-refractivity contribution in [3.8, 4) is 0 Å². The number of likely N-dealkylation sites (N-methyl/N-ethyl adjacent to an activating group) is 1. The summed E-state index contributed by atoms with van der Waals surface area (Å²) in [4.78, 5) is 26.3. The molecule has 0 saturated carbocycles. The zero-order valence-corrected chi connectivity index (χ0v) is 21.4. The van der Waals surface area contributed by atoms with Gasteiger partial charge in [0.2, 0.25) is 5.91 Å². The molecule has 0 aliphatic carbocycles. The van der Waals surface area contributed by atoms with Gasteiger partial charge in [0.15, 0.2) is 5.96 Å². The van der Waals surface area contributed by atoms with E-state index in [1.807, 2.05) is 18.3 Å². The Morgan fingerprint density at radius 3 is 2.71 bits per heavy atom. The Bertz CT molecular complexity index is 792. The standard InChI is InChI=1S/C22H32N6OS.HI/c1-27(2)21(29)16-25-22(24-12-8-20-7-5-15-30-20)26-18-9-13-28(14-10-18)17-19-6-3-4-11-23-19;/h3-7,11,15,18H,8-10,12-14,16-17H2,1-2H3,(H2,24,25,26);1H. The van der Waals surface area contributed by atoms with Crippen molar-refractivity contribution >= 4 is 47.2 Å². The van der Waals surface area contributed by atoms with Crippen molar-refractivity contribution in [2.24, 2.45) is 4.99 Å². The van der Waals surface area contributed by atoms with Gasteiger partial charge in [0.25, 0.3) is 0 Å². The Hall–Kier alpha value is -1.72. The van der Waals surface area contributed by atoms with E-state index < -0.39 is 0 Å². The van der Waals surface area contributed by atoms with Crippen LogP contribution in [0.15, 0.2) is 46.9 Å². The second kappa shape index (κ2) is 13.6. The molecule has 1 fully saturated rings. The van der Waals surface area contributed by atoms with Gasteiger partial charge in [0, 0.05) is 57.4 Å². The minimum absolute atomic E-state index is 0. The average Bonchev–Trinajstić information content (AvgIpc) is 3.27. The third-order valence-corrected chi connectivity index (χ3v) is 6.09. The summed E-state index contributed by atoms with van der Waals surface area (Å²) in [6, 6.07) is 10.6. The molecule has 170 valence electrons. The van der Waals surface area contributed by atoms with Crippen molar-refractivity contribution < 1.29 is 4.79 Å². The van der Waals surface area contributed by atoms with Crippen LogP contribution in [0.2, 0.25) is 0 Å². The lowest BCUT2D eigenvalue weighted by Crippen LogP contribution is -2.49. The molecule has 0 radical (unpaired) electrons. The molecule has 0 spiro atoms. The molecule has 2 aromatic heterocycles. The molecule has 1 aliphatic heterocycles. The highest BCUT2D eigenvalue weighted by atomic mass is 127. The first-order chi connectivity index (χ1) is 14.6. The minimum Gasteiger partial charge on any atom is -0.356 e. The molecule has 3 heterocycles. The van der Waals surface area contributed by atoms with Gasteiger partial charge in [-0.2, -0.15) is 0 Å². The summed E-state index contributed by atoms with van der Waals surface area (Å²) in [6.45, 7) is 3.88. The average molecular weight is 557 g/mol. The van der Waals surface area contributed by atoms with E-state index in [0.717, 1.165) is 57.1 Å². The Balaban J connectivity index is 0.00000341. The van der Waals surface area contributed by atoms with Crippen LogP contribution >= 0.6 is 35.3 Å². The Kier molecular flexibility index (Phi) is 11.2. The number of hydrogen-bond acceptors (Lipinski definition) is 5. The molecule has 0 aromatic carbocycles. The van der Waals surface area contributed by atoms with Crippen LogP contribution in [0, 0.1) is 0 Å². The van der Waals surface area contributed by atoms with E-state index in [1.54, 1.807) is 30.3 Å². The van der Waals surface area contributed by atoms with Crippen molar-refractivity contribution in [2.75, 3.05) is 40.3 Å². The van der Waals surface area contributed by atoms with Gasteiger partial charge in [0.05, 0.1) is 5.69 Å². The van der Waals surface area contributed by atoms with Gasteiger partial charge in [-0.15, -0.1) is 35.3 Å². The second-order valence-corrected chi connectivity index (χ2v) is 8.76. The fourth-order valence-corrected chi connectivity index (χ4v) is 4.06. The molecule has 0 unspecified atom stereocenters. The van der Waals surface area contributed by atoms with E-state index >= 15 is 0 Å². The van der Waals surface area contributed by atoms with Crippen molar-refractivity contribution in [2.45, 2.75) is 31.8 Å². The topological polar surface area (TPSA) is 72.9 Å². The number of likely N-dealkylation sites (tertiary alicyclic amines) is 1. The maximum atomic E-state index is 12.0. The second-order valence-electron chi connectivity index (χ2n) is 7.72. The van der Waals surface area contributed by atoms with E-state index in [4.69, 9.17) is 0 Å². The van der Waals surface area contributed by atoms with Gasteiger partial charge in [0.1, 0.15) is 6.54 Å². The normalized spacial score (nSPS) is 15.2. The molecule has 0 bridgehead atoms. The predicted octanol–water partition coefficient (Wildman–Crippen LogP) is 2.59. The highest BCUT2D eigenvalue weighted by Gasteiger charge is 2.20. The first-order valence-corrected chi connectivity index (χ1v) is 11.4. The lowest BCUT2D eigenvalue weighted by molar-refractivity contribution is -0.127. The van der Waals surface area contributed by atoms with Crippen LogP contribution in [0.1, 0.15) is 23.4 Å². The summed E-state index contributed by atoms with van der Waals surface area (Å²) >= 11 is 1.76. The molecule has 31 heavy (non-hydrogen) atoms. The molecule has 3 rings (SSSR count). The third-order valence-electron chi connectivity index (χ3n) is 5.16. The van der Waals surface area contributed by atoms with Crippen LogP contribution in [0.5, 0.6) is 0 Å². The number of hydrogen-bond donors (Lipinski definition) is 2. The number of halogens is 1. The number of piperidine rings is 1. The van der Waals surface area contributed by atoms with Gasteiger partial charge in [-0.25, -0.2) is 4.99 Å². The predicted molar refractivity (Wildman–Crippen MR) is 138 cm³/mol. The van der Waals surface area contributed by atoms with Crippen LogP contribution in [0.3, 0.4) is 0 Å². The Morgan fingerprint density at radius 2 is 2.06 bits per heavy atom. The van der Waals surface area contributed by atoms with Crippen LogP contribution in [0.4, 0.5) is 0 Å². The van der Waals surface area contributed by atoms with Gasteiger partial charge < -0.3 is 15.5 Å². The van der Waals surface area contributed by atoms with Crippen molar-refractivity contribution in [3.63, 3.8) is 0 Å². The van der Waals surface area contributed by atoms with Crippen molar-refractivity contribution in [1.29, 1.82) is 0 Å². The molecule has 1 saturated heterocycles.